The van der Waals surface area contributed by atoms with Crippen molar-refractivity contribution >= 4 is 23.3 Å². The third-order valence-corrected chi connectivity index (χ3v) is 5.19. The van der Waals surface area contributed by atoms with Crippen LogP contribution in [0, 0.1) is 0 Å². The second-order valence-corrected chi connectivity index (χ2v) is 7.27. The Morgan fingerprint density at radius 3 is 2.57 bits per heavy atom. The van der Waals surface area contributed by atoms with E-state index in [4.69, 9.17) is 11.6 Å². The molecule has 0 atom stereocenters. The van der Waals surface area contributed by atoms with Gasteiger partial charge in [-0.1, -0.05) is 48.0 Å². The molecule has 0 radical (unpaired) electrons. The molecule has 1 aromatic heterocycles. The lowest BCUT2D eigenvalue weighted by Crippen LogP contribution is -2.31. The van der Waals surface area contributed by atoms with E-state index < -0.39 is 0 Å². The molecule has 0 saturated heterocycles. The van der Waals surface area contributed by atoms with E-state index in [0.717, 1.165) is 37.3 Å². The lowest BCUT2D eigenvalue weighted by molar-refractivity contribution is 0.0949. The zero-order chi connectivity index (χ0) is 19.3. The number of carbonyl (C=O) groups excluding carboxylic acids is 1. The van der Waals surface area contributed by atoms with E-state index in [0.29, 0.717) is 17.3 Å². The van der Waals surface area contributed by atoms with Crippen LogP contribution in [0.1, 0.15) is 27.2 Å². The predicted octanol–water partition coefficient (Wildman–Crippen LogP) is 3.67. The van der Waals surface area contributed by atoms with Gasteiger partial charge in [-0.05, 0) is 41.7 Å². The molecule has 6 heteroatoms. The summed E-state index contributed by atoms with van der Waals surface area (Å²) in [5.41, 5.74) is 4.16. The van der Waals surface area contributed by atoms with Crippen LogP contribution in [0.15, 0.2) is 60.9 Å². The van der Waals surface area contributed by atoms with Crippen LogP contribution in [0.5, 0.6) is 0 Å². The molecule has 2 aromatic carbocycles. The second kappa shape index (κ2) is 8.40. The van der Waals surface area contributed by atoms with Crippen LogP contribution in [0.25, 0.3) is 0 Å². The molecule has 0 bridgehead atoms. The van der Waals surface area contributed by atoms with E-state index in [-0.39, 0.29) is 5.91 Å². The number of benzene rings is 2. The normalized spacial score (nSPS) is 13.1. The average molecular weight is 393 g/mol. The summed E-state index contributed by atoms with van der Waals surface area (Å²) in [5.74, 6) is 0.587. The predicted molar refractivity (Wildman–Crippen MR) is 111 cm³/mol. The van der Waals surface area contributed by atoms with E-state index >= 15 is 0 Å². The Labute approximate surface area is 169 Å². The lowest BCUT2D eigenvalue weighted by atomic mass is 10.0. The van der Waals surface area contributed by atoms with Crippen LogP contribution >= 0.6 is 11.6 Å². The summed E-state index contributed by atoms with van der Waals surface area (Å²) >= 11 is 5.88. The number of aromatic nitrogens is 2. The van der Waals surface area contributed by atoms with Gasteiger partial charge in [0.15, 0.2) is 0 Å². The molecule has 0 aliphatic carbocycles. The van der Waals surface area contributed by atoms with Gasteiger partial charge in [0.2, 0.25) is 0 Å². The fourth-order valence-electron chi connectivity index (χ4n) is 3.36. The first-order valence-electron chi connectivity index (χ1n) is 9.35. The molecule has 2 heterocycles. The Morgan fingerprint density at radius 1 is 1.04 bits per heavy atom. The van der Waals surface area contributed by atoms with E-state index in [2.05, 4.69) is 44.5 Å². The maximum Gasteiger partial charge on any atom is 0.271 e. The van der Waals surface area contributed by atoms with Crippen molar-refractivity contribution in [2.24, 2.45) is 0 Å². The monoisotopic (exact) mass is 392 g/mol. The fourth-order valence-corrected chi connectivity index (χ4v) is 3.48. The van der Waals surface area contributed by atoms with Crippen LogP contribution in [0.4, 0.5) is 5.82 Å². The van der Waals surface area contributed by atoms with E-state index in [1.807, 2.05) is 24.3 Å². The number of rotatable bonds is 5. The molecular weight excluding hydrogens is 372 g/mol. The number of amides is 1. The van der Waals surface area contributed by atoms with Crippen molar-refractivity contribution < 1.29 is 4.79 Å². The highest BCUT2D eigenvalue weighted by molar-refractivity contribution is 6.30. The summed E-state index contributed by atoms with van der Waals surface area (Å²) in [6, 6.07) is 16.1. The van der Waals surface area contributed by atoms with Crippen molar-refractivity contribution in [1.82, 2.24) is 15.3 Å². The highest BCUT2D eigenvalue weighted by Crippen LogP contribution is 2.22. The van der Waals surface area contributed by atoms with Crippen molar-refractivity contribution in [2.75, 3.05) is 18.0 Å². The molecule has 1 aliphatic heterocycles. The van der Waals surface area contributed by atoms with Gasteiger partial charge in [-0.3, -0.25) is 4.79 Å². The number of anilines is 1. The molecule has 0 fully saturated rings. The largest absolute Gasteiger partial charge is 0.351 e. The van der Waals surface area contributed by atoms with Crippen LogP contribution < -0.4 is 10.2 Å². The minimum absolute atomic E-state index is 0.211. The molecule has 0 spiro atoms. The van der Waals surface area contributed by atoms with Crippen LogP contribution in [-0.4, -0.2) is 29.0 Å². The highest BCUT2D eigenvalue weighted by atomic mass is 35.5. The summed E-state index contributed by atoms with van der Waals surface area (Å²) in [7, 11) is 0. The number of hydrogen-bond donors (Lipinski definition) is 1. The first-order valence-corrected chi connectivity index (χ1v) is 9.73. The Morgan fingerprint density at radius 2 is 1.82 bits per heavy atom. The number of nitrogens with one attached hydrogen (secondary N) is 1. The van der Waals surface area contributed by atoms with Gasteiger partial charge in [0.25, 0.3) is 5.91 Å². The molecule has 142 valence electrons. The second-order valence-electron chi connectivity index (χ2n) is 6.83. The summed E-state index contributed by atoms with van der Waals surface area (Å²) in [4.78, 5) is 23.3. The topological polar surface area (TPSA) is 58.1 Å². The molecule has 1 aliphatic rings. The van der Waals surface area contributed by atoms with E-state index in [1.165, 1.54) is 11.1 Å². The standard InChI is InChI=1S/C22H21ClN4O/c23-19-7-5-16(6-8-19)9-11-24-22(28)20-13-26-21(14-25-20)27-12-10-17-3-1-2-4-18(17)15-27/h1-8,13-14H,9-12,15H2,(H,24,28). The van der Waals surface area contributed by atoms with Crippen molar-refractivity contribution in [3.05, 3.63) is 88.3 Å². The fraction of sp³-hybridized carbons (Fsp3) is 0.227. The SMILES string of the molecule is O=C(NCCc1ccc(Cl)cc1)c1cnc(N2CCc3ccccc3C2)cn1. The van der Waals surface area contributed by atoms with Gasteiger partial charge in [-0.15, -0.1) is 0 Å². The Kier molecular flexibility index (Phi) is 5.53. The summed E-state index contributed by atoms with van der Waals surface area (Å²) in [5, 5.41) is 3.59. The minimum atomic E-state index is -0.211. The summed E-state index contributed by atoms with van der Waals surface area (Å²) in [6.07, 6.45) is 4.96. The molecule has 28 heavy (non-hydrogen) atoms. The maximum absolute atomic E-state index is 12.3. The molecule has 0 unspecified atom stereocenters. The van der Waals surface area contributed by atoms with Gasteiger partial charge in [0.1, 0.15) is 11.5 Å². The Hall–Kier alpha value is -2.92. The number of halogens is 1. The molecule has 1 amide bonds. The molecular formula is C22H21ClN4O. The van der Waals surface area contributed by atoms with Gasteiger partial charge >= 0.3 is 0 Å². The smallest absolute Gasteiger partial charge is 0.271 e. The summed E-state index contributed by atoms with van der Waals surface area (Å²) in [6.45, 7) is 2.25. The molecule has 0 saturated carbocycles. The average Bonchev–Trinajstić information content (AvgIpc) is 2.75. The van der Waals surface area contributed by atoms with Crippen LogP contribution in [-0.2, 0) is 19.4 Å². The van der Waals surface area contributed by atoms with Gasteiger partial charge in [0, 0.05) is 24.7 Å². The molecule has 1 N–H and O–H groups in total. The van der Waals surface area contributed by atoms with Crippen molar-refractivity contribution in [1.29, 1.82) is 0 Å². The first kappa shape index (κ1) is 18.4. The third kappa shape index (κ3) is 4.31. The van der Waals surface area contributed by atoms with Crippen molar-refractivity contribution in [2.45, 2.75) is 19.4 Å². The molecule has 4 rings (SSSR count). The zero-order valence-corrected chi connectivity index (χ0v) is 16.2. The van der Waals surface area contributed by atoms with Crippen LogP contribution in [0.2, 0.25) is 5.02 Å². The van der Waals surface area contributed by atoms with E-state index in [9.17, 15) is 4.79 Å². The van der Waals surface area contributed by atoms with Gasteiger partial charge in [0.05, 0.1) is 12.4 Å². The first-order chi connectivity index (χ1) is 13.7. The lowest BCUT2D eigenvalue weighted by Gasteiger charge is -2.29. The van der Waals surface area contributed by atoms with Crippen LogP contribution in [0.3, 0.4) is 0 Å². The minimum Gasteiger partial charge on any atom is -0.351 e. The summed E-state index contributed by atoms with van der Waals surface area (Å²) < 4.78 is 0. The number of hydrogen-bond acceptors (Lipinski definition) is 4. The zero-order valence-electron chi connectivity index (χ0n) is 15.4. The van der Waals surface area contributed by atoms with Gasteiger partial charge in [-0.25, -0.2) is 9.97 Å². The molecule has 3 aromatic rings. The van der Waals surface area contributed by atoms with Gasteiger partial charge in [-0.2, -0.15) is 0 Å². The van der Waals surface area contributed by atoms with Crippen molar-refractivity contribution in [3.8, 4) is 0 Å². The van der Waals surface area contributed by atoms with E-state index in [1.54, 1.807) is 12.4 Å². The number of carbonyl (C=O) groups is 1. The number of nitrogens with zero attached hydrogens (tertiary/aromatic N) is 3. The quantitative estimate of drug-likeness (QED) is 0.719. The number of fused-ring (bicyclic) bond motifs is 1. The third-order valence-electron chi connectivity index (χ3n) is 4.94. The Bertz CT molecular complexity index is 957. The molecule has 5 nitrogen and oxygen atoms in total. The Balaban J connectivity index is 1.33. The maximum atomic E-state index is 12.3. The highest BCUT2D eigenvalue weighted by Gasteiger charge is 2.18. The van der Waals surface area contributed by atoms with Crippen molar-refractivity contribution in [3.63, 3.8) is 0 Å². The van der Waals surface area contributed by atoms with Gasteiger partial charge < -0.3 is 10.2 Å².